The van der Waals surface area contributed by atoms with Crippen LogP contribution < -0.4 is 5.73 Å². The summed E-state index contributed by atoms with van der Waals surface area (Å²) in [6.07, 6.45) is 2.32. The summed E-state index contributed by atoms with van der Waals surface area (Å²) in [6.45, 7) is 1.35. The van der Waals surface area contributed by atoms with Crippen molar-refractivity contribution in [1.82, 2.24) is 14.7 Å². The van der Waals surface area contributed by atoms with E-state index < -0.39 is 5.91 Å². The molecule has 0 unspecified atom stereocenters. The summed E-state index contributed by atoms with van der Waals surface area (Å²) in [6, 6.07) is 13.8. The highest BCUT2D eigenvalue weighted by Gasteiger charge is 2.35. The highest BCUT2D eigenvalue weighted by atomic mass is 35.5. The average Bonchev–Trinajstić information content (AvgIpc) is 3.16. The van der Waals surface area contributed by atoms with Crippen LogP contribution in [0.5, 0.6) is 0 Å². The molecule has 0 bridgehead atoms. The number of rotatable bonds is 5. The van der Waals surface area contributed by atoms with Crippen molar-refractivity contribution < 1.29 is 14.0 Å². The molecular formula is C25H24ClFN4O2. The number of nitrogens with zero attached hydrogens (tertiary/aromatic N) is 3. The first-order chi connectivity index (χ1) is 15.9. The van der Waals surface area contributed by atoms with E-state index in [1.807, 2.05) is 18.2 Å². The van der Waals surface area contributed by atoms with E-state index in [4.69, 9.17) is 17.3 Å². The van der Waals surface area contributed by atoms with E-state index in [-0.39, 0.29) is 11.7 Å². The van der Waals surface area contributed by atoms with Gasteiger partial charge in [-0.15, -0.1) is 0 Å². The lowest BCUT2D eigenvalue weighted by molar-refractivity contribution is -0.134. The van der Waals surface area contributed by atoms with E-state index in [0.29, 0.717) is 59.9 Å². The molecule has 2 N–H and O–H groups in total. The van der Waals surface area contributed by atoms with Crippen molar-refractivity contribution >= 4 is 23.4 Å². The monoisotopic (exact) mass is 466 g/mol. The molecule has 8 heteroatoms. The number of amides is 2. The highest BCUT2D eigenvalue weighted by Crippen LogP contribution is 2.43. The van der Waals surface area contributed by atoms with Crippen LogP contribution in [0, 0.1) is 11.7 Å². The number of aromatic nitrogens is 2. The Morgan fingerprint density at radius 1 is 1.12 bits per heavy atom. The lowest BCUT2D eigenvalue weighted by Gasteiger charge is -2.37. The number of benzene rings is 2. The van der Waals surface area contributed by atoms with Crippen LogP contribution in [0.25, 0.3) is 11.3 Å². The molecule has 2 aliphatic rings. The van der Waals surface area contributed by atoms with Gasteiger partial charge in [0.1, 0.15) is 11.5 Å². The number of hydrogen-bond acceptors (Lipinski definition) is 3. The van der Waals surface area contributed by atoms with E-state index in [1.165, 1.54) is 12.1 Å². The Kier molecular flexibility index (Phi) is 5.66. The van der Waals surface area contributed by atoms with Gasteiger partial charge in [-0.1, -0.05) is 35.9 Å². The topological polar surface area (TPSA) is 81.2 Å². The number of fused-ring (bicyclic) bond motifs is 1. The van der Waals surface area contributed by atoms with Crippen LogP contribution in [0.2, 0.25) is 5.02 Å². The summed E-state index contributed by atoms with van der Waals surface area (Å²) in [5, 5.41) is 5.15. The molecule has 1 saturated carbocycles. The summed E-state index contributed by atoms with van der Waals surface area (Å²) in [5.74, 6) is -0.0284. The quantitative estimate of drug-likeness (QED) is 0.606. The van der Waals surface area contributed by atoms with Gasteiger partial charge < -0.3 is 10.6 Å². The second-order valence-corrected chi connectivity index (χ2v) is 9.31. The first kappa shape index (κ1) is 21.6. The van der Waals surface area contributed by atoms with E-state index in [2.05, 4.69) is 5.10 Å². The van der Waals surface area contributed by atoms with Crippen molar-refractivity contribution in [3.05, 3.63) is 76.2 Å². The zero-order chi connectivity index (χ0) is 23.1. The third-order valence-corrected chi connectivity index (χ3v) is 6.95. The molecule has 2 amide bonds. The first-order valence-corrected chi connectivity index (χ1v) is 11.5. The summed E-state index contributed by atoms with van der Waals surface area (Å²) in [4.78, 5) is 27.1. The van der Waals surface area contributed by atoms with Gasteiger partial charge in [0.15, 0.2) is 0 Å². The zero-order valence-corrected chi connectivity index (χ0v) is 18.8. The summed E-state index contributed by atoms with van der Waals surface area (Å²) in [5.41, 5.74) is 9.07. The molecule has 6 nitrogen and oxygen atoms in total. The maximum atomic E-state index is 13.1. The van der Waals surface area contributed by atoms with Crippen molar-refractivity contribution in [2.45, 2.75) is 38.3 Å². The first-order valence-electron chi connectivity index (χ1n) is 11.1. The van der Waals surface area contributed by atoms with E-state index in [1.54, 1.807) is 27.8 Å². The minimum atomic E-state index is -0.568. The van der Waals surface area contributed by atoms with Crippen molar-refractivity contribution in [2.24, 2.45) is 11.7 Å². The van der Waals surface area contributed by atoms with Crippen molar-refractivity contribution in [2.75, 3.05) is 6.54 Å². The molecule has 1 fully saturated rings. The van der Waals surface area contributed by atoms with Gasteiger partial charge in [-0.3, -0.25) is 14.3 Å². The molecule has 0 spiro atoms. The molecule has 1 aliphatic carbocycles. The Bertz CT molecular complexity index is 1220. The van der Waals surface area contributed by atoms with Gasteiger partial charge in [0, 0.05) is 23.6 Å². The smallest absolute Gasteiger partial charge is 0.252 e. The predicted molar refractivity (Wildman–Crippen MR) is 123 cm³/mol. The van der Waals surface area contributed by atoms with Gasteiger partial charge in [-0.2, -0.15) is 5.10 Å². The number of carbonyl (C=O) groups is 2. The van der Waals surface area contributed by atoms with Crippen molar-refractivity contribution in [3.63, 3.8) is 0 Å². The van der Waals surface area contributed by atoms with E-state index >= 15 is 0 Å². The Morgan fingerprint density at radius 3 is 2.58 bits per heavy atom. The number of nitrogens with two attached hydrogens (primary N) is 1. The molecule has 0 saturated heterocycles. The normalized spacial score (nSPS) is 19.6. The van der Waals surface area contributed by atoms with Gasteiger partial charge in [0.05, 0.1) is 24.3 Å². The molecule has 0 radical (unpaired) electrons. The minimum Gasteiger partial charge on any atom is -0.365 e. The van der Waals surface area contributed by atoms with Gasteiger partial charge in [-0.25, -0.2) is 4.39 Å². The molecule has 1 aliphatic heterocycles. The van der Waals surface area contributed by atoms with Gasteiger partial charge in [-0.05, 0) is 54.5 Å². The molecule has 3 aromatic rings. The largest absolute Gasteiger partial charge is 0.365 e. The predicted octanol–water partition coefficient (Wildman–Crippen LogP) is 4.37. The fraction of sp³-hybridized carbons (Fsp3) is 0.320. The highest BCUT2D eigenvalue weighted by molar-refractivity contribution is 6.30. The summed E-state index contributed by atoms with van der Waals surface area (Å²) >= 11 is 6.12. The lowest BCUT2D eigenvalue weighted by atomic mass is 9.70. The fourth-order valence-electron chi connectivity index (χ4n) is 4.91. The van der Waals surface area contributed by atoms with Crippen LogP contribution in [0.4, 0.5) is 4.39 Å². The average molecular weight is 467 g/mol. The second-order valence-electron chi connectivity index (χ2n) is 8.87. The van der Waals surface area contributed by atoms with Crippen molar-refractivity contribution in [1.29, 1.82) is 0 Å². The fourth-order valence-corrected chi connectivity index (χ4v) is 5.10. The van der Waals surface area contributed by atoms with Gasteiger partial charge in [0.25, 0.3) is 5.91 Å². The summed E-state index contributed by atoms with van der Waals surface area (Å²) in [7, 11) is 0. The van der Waals surface area contributed by atoms with Crippen LogP contribution in [0.15, 0.2) is 48.5 Å². The maximum Gasteiger partial charge on any atom is 0.252 e. The summed E-state index contributed by atoms with van der Waals surface area (Å²) < 4.78 is 14.9. The molecule has 1 aromatic heterocycles. The molecule has 33 heavy (non-hydrogen) atoms. The van der Waals surface area contributed by atoms with Crippen LogP contribution in [0.1, 0.15) is 46.8 Å². The molecule has 170 valence electrons. The lowest BCUT2D eigenvalue weighted by Crippen LogP contribution is -2.40. The number of halogens is 2. The third kappa shape index (κ3) is 4.25. The molecule has 0 atom stereocenters. The van der Waals surface area contributed by atoms with Crippen LogP contribution >= 0.6 is 11.6 Å². The third-order valence-electron chi connectivity index (χ3n) is 6.72. The van der Waals surface area contributed by atoms with Crippen molar-refractivity contribution in [3.8, 4) is 11.3 Å². The molecule has 2 heterocycles. The molecule has 2 aromatic carbocycles. The van der Waals surface area contributed by atoms with Crippen LogP contribution in [0.3, 0.4) is 0 Å². The Hall–Kier alpha value is -3.19. The Balaban J connectivity index is 1.27. The maximum absolute atomic E-state index is 13.1. The van der Waals surface area contributed by atoms with Gasteiger partial charge >= 0.3 is 0 Å². The number of primary amides is 1. The Morgan fingerprint density at radius 2 is 1.88 bits per heavy atom. The molecule has 5 rings (SSSR count). The standard InChI is InChI=1S/C25H24ClFN4O2/c26-19-3-1-2-17(13-19)24-23(25(28)33)21-14-30(8-9-31(21)29-24)22(32)12-15-10-18(11-15)16-4-6-20(27)7-5-16/h1-7,13,15,18H,8-12,14H2,(H2,28,33). The van der Waals surface area contributed by atoms with Gasteiger partial charge in [0.2, 0.25) is 5.91 Å². The van der Waals surface area contributed by atoms with Crippen LogP contribution in [-0.4, -0.2) is 33.0 Å². The number of carbonyl (C=O) groups excluding carboxylic acids is 2. The second kappa shape index (κ2) is 8.63. The van der Waals surface area contributed by atoms with Crippen LogP contribution in [-0.2, 0) is 17.9 Å². The molecular weight excluding hydrogens is 443 g/mol. The van der Waals surface area contributed by atoms with E-state index in [9.17, 15) is 14.0 Å². The Labute approximate surface area is 196 Å². The minimum absolute atomic E-state index is 0.0738. The zero-order valence-electron chi connectivity index (χ0n) is 18.0. The number of hydrogen-bond donors (Lipinski definition) is 1. The van der Waals surface area contributed by atoms with E-state index in [0.717, 1.165) is 24.0 Å². The SMILES string of the molecule is NC(=O)c1c(-c2cccc(Cl)c2)nn2c1CN(C(=O)CC1CC(c3ccc(F)cc3)C1)CC2.